The number of carbonyl (C=O) groups excluding carboxylic acids is 1. The minimum atomic E-state index is -1.01. The van der Waals surface area contributed by atoms with E-state index in [-0.39, 0.29) is 12.5 Å². The Hall–Kier alpha value is -2.93. The van der Waals surface area contributed by atoms with Gasteiger partial charge in [-0.2, -0.15) is 5.10 Å². The standard InChI is InChI=1S/C19H19ClN4O3/c1-11(2)24-18-13(10-22-24)7-14(9-21-18)19(27)23-16(8-17(25)26)12-3-5-15(20)6-4-12/h3-7,9-11,16H,8H2,1-2H3,(H,23,27)(H,25,26)/t16-/m0/s1. The van der Waals surface area contributed by atoms with Crippen molar-refractivity contribution < 1.29 is 14.7 Å². The Morgan fingerprint density at radius 2 is 1.93 bits per heavy atom. The van der Waals surface area contributed by atoms with Crippen molar-refractivity contribution in [3.05, 3.63) is 58.9 Å². The van der Waals surface area contributed by atoms with Gasteiger partial charge in [0.25, 0.3) is 5.91 Å². The molecule has 0 unspecified atom stereocenters. The van der Waals surface area contributed by atoms with Crippen molar-refractivity contribution in [3.63, 3.8) is 0 Å². The molecule has 0 spiro atoms. The number of pyridine rings is 1. The molecule has 7 nitrogen and oxygen atoms in total. The first-order valence-electron chi connectivity index (χ1n) is 8.46. The van der Waals surface area contributed by atoms with E-state index >= 15 is 0 Å². The van der Waals surface area contributed by atoms with E-state index in [1.807, 2.05) is 13.8 Å². The summed E-state index contributed by atoms with van der Waals surface area (Å²) in [5, 5.41) is 17.5. The van der Waals surface area contributed by atoms with E-state index in [0.717, 1.165) is 5.39 Å². The van der Waals surface area contributed by atoms with E-state index in [4.69, 9.17) is 11.6 Å². The first-order valence-corrected chi connectivity index (χ1v) is 8.84. The summed E-state index contributed by atoms with van der Waals surface area (Å²) in [7, 11) is 0. The van der Waals surface area contributed by atoms with Crippen LogP contribution in [-0.4, -0.2) is 31.7 Å². The predicted molar refractivity (Wildman–Crippen MR) is 102 cm³/mol. The molecule has 0 saturated carbocycles. The molecule has 2 N–H and O–H groups in total. The van der Waals surface area contributed by atoms with Crippen molar-refractivity contribution in [1.29, 1.82) is 0 Å². The molecule has 1 atom stereocenters. The second kappa shape index (κ2) is 7.75. The molecule has 0 bridgehead atoms. The van der Waals surface area contributed by atoms with Crippen LogP contribution in [-0.2, 0) is 4.79 Å². The summed E-state index contributed by atoms with van der Waals surface area (Å²) in [6, 6.07) is 7.89. The SMILES string of the molecule is CC(C)n1ncc2cc(C(=O)N[C@@H](CC(=O)O)c3ccc(Cl)cc3)cnc21. The highest BCUT2D eigenvalue weighted by atomic mass is 35.5. The summed E-state index contributed by atoms with van der Waals surface area (Å²) in [4.78, 5) is 28.2. The molecule has 1 amide bonds. The Bertz CT molecular complexity index is 982. The van der Waals surface area contributed by atoms with Gasteiger partial charge >= 0.3 is 5.97 Å². The van der Waals surface area contributed by atoms with Crippen LogP contribution in [0.15, 0.2) is 42.7 Å². The summed E-state index contributed by atoms with van der Waals surface area (Å²) < 4.78 is 1.78. The van der Waals surface area contributed by atoms with E-state index in [9.17, 15) is 14.7 Å². The molecule has 0 aliphatic rings. The molecular formula is C19H19ClN4O3. The van der Waals surface area contributed by atoms with Crippen LogP contribution in [0.5, 0.6) is 0 Å². The number of nitrogens with zero attached hydrogens (tertiary/aromatic N) is 3. The summed E-state index contributed by atoms with van der Waals surface area (Å²) in [6.45, 7) is 3.99. The zero-order valence-electron chi connectivity index (χ0n) is 14.9. The van der Waals surface area contributed by atoms with E-state index in [1.165, 1.54) is 6.20 Å². The number of hydrogen-bond donors (Lipinski definition) is 2. The molecular weight excluding hydrogens is 368 g/mol. The van der Waals surface area contributed by atoms with Crippen LogP contribution < -0.4 is 5.32 Å². The van der Waals surface area contributed by atoms with Gasteiger partial charge in [0.05, 0.1) is 24.2 Å². The Kier molecular flexibility index (Phi) is 5.41. The molecule has 2 heterocycles. The molecule has 1 aromatic carbocycles. The molecule has 0 aliphatic heterocycles. The topological polar surface area (TPSA) is 97.1 Å². The number of nitrogens with one attached hydrogen (secondary N) is 1. The Morgan fingerprint density at radius 1 is 1.22 bits per heavy atom. The second-order valence-electron chi connectivity index (χ2n) is 6.50. The molecule has 3 rings (SSSR count). The van der Waals surface area contributed by atoms with Gasteiger partial charge in [-0.3, -0.25) is 9.59 Å². The van der Waals surface area contributed by atoms with E-state index in [2.05, 4.69) is 15.4 Å². The number of halogens is 1. The van der Waals surface area contributed by atoms with Gasteiger partial charge in [-0.05, 0) is 37.6 Å². The Balaban J connectivity index is 1.85. The molecule has 0 fully saturated rings. The molecule has 3 aromatic rings. The molecule has 2 aromatic heterocycles. The minimum Gasteiger partial charge on any atom is -0.481 e. The summed E-state index contributed by atoms with van der Waals surface area (Å²) in [5.41, 5.74) is 1.70. The fraction of sp³-hybridized carbons (Fsp3) is 0.263. The van der Waals surface area contributed by atoms with Crippen LogP contribution in [0.2, 0.25) is 5.02 Å². The van der Waals surface area contributed by atoms with Gasteiger partial charge in [0, 0.05) is 22.6 Å². The molecule has 0 saturated heterocycles. The lowest BCUT2D eigenvalue weighted by molar-refractivity contribution is -0.137. The van der Waals surface area contributed by atoms with E-state index in [1.54, 1.807) is 41.2 Å². The van der Waals surface area contributed by atoms with Crippen LogP contribution in [0.3, 0.4) is 0 Å². The summed E-state index contributed by atoms with van der Waals surface area (Å²) >= 11 is 5.88. The number of benzene rings is 1. The van der Waals surface area contributed by atoms with Crippen molar-refractivity contribution in [1.82, 2.24) is 20.1 Å². The van der Waals surface area contributed by atoms with Crippen LogP contribution in [0.4, 0.5) is 0 Å². The molecule has 27 heavy (non-hydrogen) atoms. The highest BCUT2D eigenvalue weighted by Crippen LogP contribution is 2.21. The highest BCUT2D eigenvalue weighted by Gasteiger charge is 2.20. The van der Waals surface area contributed by atoms with Gasteiger partial charge in [-0.15, -0.1) is 0 Å². The lowest BCUT2D eigenvalue weighted by Crippen LogP contribution is -2.30. The van der Waals surface area contributed by atoms with Gasteiger partial charge in [-0.25, -0.2) is 9.67 Å². The van der Waals surface area contributed by atoms with Crippen molar-refractivity contribution in [3.8, 4) is 0 Å². The molecule has 8 heteroatoms. The molecule has 0 radical (unpaired) electrons. The maximum atomic E-state index is 12.7. The van der Waals surface area contributed by atoms with Gasteiger partial charge in [0.15, 0.2) is 5.65 Å². The summed E-state index contributed by atoms with van der Waals surface area (Å²) in [6.07, 6.45) is 2.89. The van der Waals surface area contributed by atoms with Gasteiger partial charge < -0.3 is 10.4 Å². The maximum Gasteiger partial charge on any atom is 0.305 e. The van der Waals surface area contributed by atoms with Gasteiger partial charge in [0.1, 0.15) is 0 Å². The van der Waals surface area contributed by atoms with Gasteiger partial charge in [0.2, 0.25) is 0 Å². The highest BCUT2D eigenvalue weighted by molar-refractivity contribution is 6.30. The smallest absolute Gasteiger partial charge is 0.305 e. The number of carboxylic acids is 1. The fourth-order valence-corrected chi connectivity index (χ4v) is 2.93. The number of carbonyl (C=O) groups is 2. The number of aliphatic carboxylic acids is 1. The number of aromatic nitrogens is 3. The Morgan fingerprint density at radius 3 is 2.56 bits per heavy atom. The van der Waals surface area contributed by atoms with Crippen LogP contribution >= 0.6 is 11.6 Å². The number of carboxylic acid groups (broad SMARTS) is 1. The predicted octanol–water partition coefficient (Wildman–Crippen LogP) is 3.61. The van der Waals surface area contributed by atoms with Crippen LogP contribution in [0.25, 0.3) is 11.0 Å². The monoisotopic (exact) mass is 386 g/mol. The normalized spacial score (nSPS) is 12.3. The second-order valence-corrected chi connectivity index (χ2v) is 6.93. The van der Waals surface area contributed by atoms with Crippen LogP contribution in [0, 0.1) is 0 Å². The van der Waals surface area contributed by atoms with Gasteiger partial charge in [-0.1, -0.05) is 23.7 Å². The third-order valence-electron chi connectivity index (χ3n) is 4.14. The minimum absolute atomic E-state index is 0.152. The average Bonchev–Trinajstić information content (AvgIpc) is 3.04. The quantitative estimate of drug-likeness (QED) is 0.674. The number of fused-ring (bicyclic) bond motifs is 1. The molecule has 140 valence electrons. The molecule has 0 aliphatic carbocycles. The Labute approximate surface area is 161 Å². The fourth-order valence-electron chi connectivity index (χ4n) is 2.81. The average molecular weight is 387 g/mol. The number of rotatable bonds is 6. The maximum absolute atomic E-state index is 12.7. The third-order valence-corrected chi connectivity index (χ3v) is 4.39. The number of amides is 1. The number of hydrogen-bond acceptors (Lipinski definition) is 4. The first kappa shape index (κ1) is 18.8. The zero-order chi connectivity index (χ0) is 19.6. The van der Waals surface area contributed by atoms with Crippen molar-refractivity contribution in [2.75, 3.05) is 0 Å². The van der Waals surface area contributed by atoms with Crippen molar-refractivity contribution in [2.24, 2.45) is 0 Å². The third kappa shape index (κ3) is 4.25. The first-order chi connectivity index (χ1) is 12.8. The lowest BCUT2D eigenvalue weighted by Gasteiger charge is -2.17. The van der Waals surface area contributed by atoms with Crippen LogP contribution in [0.1, 0.15) is 48.3 Å². The van der Waals surface area contributed by atoms with E-state index in [0.29, 0.717) is 21.8 Å². The van der Waals surface area contributed by atoms with Crippen molar-refractivity contribution >= 4 is 34.5 Å². The summed E-state index contributed by atoms with van der Waals surface area (Å²) in [5.74, 6) is -1.41. The largest absolute Gasteiger partial charge is 0.481 e. The lowest BCUT2D eigenvalue weighted by atomic mass is 10.0. The zero-order valence-corrected chi connectivity index (χ0v) is 15.6. The van der Waals surface area contributed by atoms with Crippen molar-refractivity contribution in [2.45, 2.75) is 32.4 Å². The van der Waals surface area contributed by atoms with E-state index < -0.39 is 17.9 Å².